The SMILES string of the molecule is COc1ccc2c(c1)C1(CC(=O)NC(C)C(N)=O)CCN(CC3CC3)C(C2)C1C. The molecule has 158 valence electrons. The van der Waals surface area contributed by atoms with Crippen LogP contribution in [0.3, 0.4) is 0 Å². The van der Waals surface area contributed by atoms with Gasteiger partial charge in [-0.25, -0.2) is 0 Å². The summed E-state index contributed by atoms with van der Waals surface area (Å²) in [6, 6.07) is 6.12. The lowest BCUT2D eigenvalue weighted by Crippen LogP contribution is -2.60. The summed E-state index contributed by atoms with van der Waals surface area (Å²) in [5.74, 6) is 1.43. The second-order valence-corrected chi connectivity index (χ2v) is 9.30. The molecule has 1 saturated carbocycles. The molecule has 2 fully saturated rings. The maximum absolute atomic E-state index is 12.9. The summed E-state index contributed by atoms with van der Waals surface area (Å²) < 4.78 is 5.51. The Hall–Kier alpha value is -2.08. The number of methoxy groups -OCH3 is 1. The van der Waals surface area contributed by atoms with Crippen molar-refractivity contribution in [2.75, 3.05) is 20.2 Å². The van der Waals surface area contributed by atoms with E-state index >= 15 is 0 Å². The van der Waals surface area contributed by atoms with Crippen LogP contribution in [0.2, 0.25) is 0 Å². The van der Waals surface area contributed by atoms with Crippen molar-refractivity contribution >= 4 is 11.8 Å². The van der Waals surface area contributed by atoms with Gasteiger partial charge in [-0.15, -0.1) is 0 Å². The van der Waals surface area contributed by atoms with Gasteiger partial charge < -0.3 is 15.8 Å². The smallest absolute Gasteiger partial charge is 0.239 e. The van der Waals surface area contributed by atoms with E-state index < -0.39 is 11.9 Å². The average molecular weight is 400 g/mol. The van der Waals surface area contributed by atoms with Crippen LogP contribution in [0.1, 0.15) is 50.7 Å². The molecule has 0 spiro atoms. The van der Waals surface area contributed by atoms with E-state index in [1.54, 1.807) is 14.0 Å². The topological polar surface area (TPSA) is 84.7 Å². The first kappa shape index (κ1) is 20.2. The van der Waals surface area contributed by atoms with Gasteiger partial charge in [0.2, 0.25) is 11.8 Å². The standard InChI is InChI=1S/C23H33N3O3/c1-14-20-10-17-6-7-18(29-3)11-19(17)23(14,8-9-26(20)13-16-4-5-16)12-21(27)25-15(2)22(24)28/h6-7,11,14-16,20H,4-5,8-10,12-13H2,1-3H3,(H2,24,28)(H,25,27). The number of nitrogens with zero attached hydrogens (tertiary/aromatic N) is 1. The van der Waals surface area contributed by atoms with Crippen LogP contribution in [0, 0.1) is 11.8 Å². The molecule has 3 aliphatic rings. The number of likely N-dealkylation sites (tertiary alicyclic amines) is 1. The zero-order valence-corrected chi connectivity index (χ0v) is 17.7. The molecule has 6 heteroatoms. The number of hydrogen-bond donors (Lipinski definition) is 2. The Kier molecular flexibility index (Phi) is 5.32. The van der Waals surface area contributed by atoms with Crippen molar-refractivity contribution in [3.63, 3.8) is 0 Å². The summed E-state index contributed by atoms with van der Waals surface area (Å²) in [5, 5.41) is 2.80. The highest BCUT2D eigenvalue weighted by Gasteiger charge is 2.52. The van der Waals surface area contributed by atoms with Gasteiger partial charge in [0.25, 0.3) is 0 Å². The summed E-state index contributed by atoms with van der Waals surface area (Å²) in [6.07, 6.45) is 5.04. The van der Waals surface area contributed by atoms with E-state index in [1.165, 1.54) is 30.5 Å². The van der Waals surface area contributed by atoms with Crippen molar-refractivity contribution in [3.8, 4) is 5.75 Å². The average Bonchev–Trinajstić information content (AvgIpc) is 3.50. The second kappa shape index (κ2) is 7.63. The lowest BCUT2D eigenvalue weighted by molar-refractivity contribution is -0.129. The van der Waals surface area contributed by atoms with E-state index in [2.05, 4.69) is 29.3 Å². The Morgan fingerprint density at radius 2 is 2.14 bits per heavy atom. The highest BCUT2D eigenvalue weighted by atomic mass is 16.5. The van der Waals surface area contributed by atoms with Gasteiger partial charge in [0.1, 0.15) is 11.8 Å². The van der Waals surface area contributed by atoms with Gasteiger partial charge in [0, 0.05) is 24.4 Å². The Balaban J connectivity index is 1.67. The molecule has 4 atom stereocenters. The van der Waals surface area contributed by atoms with Crippen molar-refractivity contribution in [1.29, 1.82) is 0 Å². The predicted octanol–water partition coefficient (Wildman–Crippen LogP) is 1.99. The minimum Gasteiger partial charge on any atom is -0.497 e. The number of nitrogens with two attached hydrogens (primary N) is 1. The number of amides is 2. The third-order valence-electron chi connectivity index (χ3n) is 7.52. The van der Waals surface area contributed by atoms with Crippen molar-refractivity contribution in [2.24, 2.45) is 17.6 Å². The summed E-state index contributed by atoms with van der Waals surface area (Å²) in [7, 11) is 1.68. The van der Waals surface area contributed by atoms with Crippen LogP contribution >= 0.6 is 0 Å². The maximum atomic E-state index is 12.9. The molecular weight excluding hydrogens is 366 g/mol. The number of nitrogens with one attached hydrogen (secondary N) is 1. The molecule has 29 heavy (non-hydrogen) atoms. The highest BCUT2D eigenvalue weighted by molar-refractivity contribution is 5.86. The molecular formula is C23H33N3O3. The normalized spacial score (nSPS) is 29.6. The Morgan fingerprint density at radius 1 is 1.38 bits per heavy atom. The number of hydrogen-bond acceptors (Lipinski definition) is 4. The molecule has 2 bridgehead atoms. The maximum Gasteiger partial charge on any atom is 0.239 e. The van der Waals surface area contributed by atoms with E-state index in [1.807, 2.05) is 6.07 Å². The number of carbonyl (C=O) groups excluding carboxylic acids is 2. The number of benzene rings is 1. The fourth-order valence-corrected chi connectivity index (χ4v) is 5.51. The van der Waals surface area contributed by atoms with Gasteiger partial charge in [-0.1, -0.05) is 13.0 Å². The molecule has 2 amide bonds. The molecule has 1 aliphatic heterocycles. The minimum absolute atomic E-state index is 0.104. The Morgan fingerprint density at radius 3 is 2.79 bits per heavy atom. The predicted molar refractivity (Wildman–Crippen MR) is 112 cm³/mol. The van der Waals surface area contributed by atoms with Crippen LogP contribution in [0.4, 0.5) is 0 Å². The third kappa shape index (κ3) is 3.75. The molecule has 1 aromatic rings. The monoisotopic (exact) mass is 399 g/mol. The van der Waals surface area contributed by atoms with Crippen LogP contribution in [0.5, 0.6) is 5.75 Å². The van der Waals surface area contributed by atoms with Gasteiger partial charge in [0.15, 0.2) is 0 Å². The van der Waals surface area contributed by atoms with Gasteiger partial charge in [-0.3, -0.25) is 14.5 Å². The van der Waals surface area contributed by atoms with Crippen LogP contribution in [0.25, 0.3) is 0 Å². The summed E-state index contributed by atoms with van der Waals surface area (Å²) >= 11 is 0. The van der Waals surface area contributed by atoms with E-state index in [0.717, 1.165) is 31.1 Å². The van der Waals surface area contributed by atoms with Crippen LogP contribution < -0.4 is 15.8 Å². The zero-order valence-electron chi connectivity index (χ0n) is 17.7. The quantitative estimate of drug-likeness (QED) is 0.734. The first-order chi connectivity index (χ1) is 13.8. The van der Waals surface area contributed by atoms with Gasteiger partial charge >= 0.3 is 0 Å². The zero-order chi connectivity index (χ0) is 20.8. The van der Waals surface area contributed by atoms with Crippen molar-refractivity contribution in [1.82, 2.24) is 10.2 Å². The first-order valence-electron chi connectivity index (χ1n) is 10.8. The lowest BCUT2D eigenvalue weighted by Gasteiger charge is -2.56. The second-order valence-electron chi connectivity index (χ2n) is 9.30. The van der Waals surface area contributed by atoms with E-state index in [-0.39, 0.29) is 11.3 Å². The highest BCUT2D eigenvalue weighted by Crippen LogP contribution is 2.52. The molecule has 4 unspecified atom stereocenters. The van der Waals surface area contributed by atoms with Crippen molar-refractivity contribution in [2.45, 2.75) is 63.5 Å². The molecule has 3 N–H and O–H groups in total. The molecule has 0 radical (unpaired) electrons. The summed E-state index contributed by atoms with van der Waals surface area (Å²) in [6.45, 7) is 6.14. The van der Waals surface area contributed by atoms with E-state index in [0.29, 0.717) is 18.4 Å². The molecule has 4 rings (SSSR count). The lowest BCUT2D eigenvalue weighted by atomic mass is 9.56. The van der Waals surface area contributed by atoms with Gasteiger partial charge in [0.05, 0.1) is 7.11 Å². The molecule has 0 aromatic heterocycles. The summed E-state index contributed by atoms with van der Waals surface area (Å²) in [4.78, 5) is 27.0. The molecule has 1 aromatic carbocycles. The van der Waals surface area contributed by atoms with Crippen LogP contribution in [0.15, 0.2) is 18.2 Å². The van der Waals surface area contributed by atoms with Crippen LogP contribution in [-0.4, -0.2) is 49.0 Å². The van der Waals surface area contributed by atoms with Crippen LogP contribution in [-0.2, 0) is 21.4 Å². The number of carbonyl (C=O) groups is 2. The molecule has 6 nitrogen and oxygen atoms in total. The fourth-order valence-electron chi connectivity index (χ4n) is 5.51. The number of rotatable bonds is 7. The minimum atomic E-state index is -0.659. The van der Waals surface area contributed by atoms with E-state index in [9.17, 15) is 9.59 Å². The fraction of sp³-hybridized carbons (Fsp3) is 0.652. The van der Waals surface area contributed by atoms with Crippen molar-refractivity contribution in [3.05, 3.63) is 29.3 Å². The number of fused-ring (bicyclic) bond motifs is 4. The largest absolute Gasteiger partial charge is 0.497 e. The summed E-state index contributed by atoms with van der Waals surface area (Å²) in [5.41, 5.74) is 7.68. The molecule has 1 heterocycles. The number of piperidine rings is 1. The third-order valence-corrected chi connectivity index (χ3v) is 7.52. The molecule has 1 saturated heterocycles. The number of primary amides is 1. The first-order valence-corrected chi connectivity index (χ1v) is 10.8. The number of ether oxygens (including phenoxy) is 1. The Bertz CT molecular complexity index is 807. The van der Waals surface area contributed by atoms with Gasteiger partial charge in [-0.05, 0) is 74.2 Å². The molecule has 2 aliphatic carbocycles. The Labute approximate surface area is 173 Å². The van der Waals surface area contributed by atoms with E-state index in [4.69, 9.17) is 10.5 Å². The van der Waals surface area contributed by atoms with Gasteiger partial charge in [-0.2, -0.15) is 0 Å². The van der Waals surface area contributed by atoms with Crippen molar-refractivity contribution < 1.29 is 14.3 Å².